The Morgan fingerprint density at radius 3 is 2.45 bits per heavy atom. The van der Waals surface area contributed by atoms with Crippen molar-refractivity contribution in [3.05, 3.63) is 89.6 Å². The zero-order valence-electron chi connectivity index (χ0n) is 25.7. The average molecular weight is 623 g/mol. The van der Waals surface area contributed by atoms with Gasteiger partial charge in [-0.1, -0.05) is 48.5 Å². The van der Waals surface area contributed by atoms with Crippen LogP contribution in [-0.4, -0.2) is 67.9 Å². The van der Waals surface area contributed by atoms with Crippen molar-refractivity contribution >= 4 is 32.5 Å². The van der Waals surface area contributed by atoms with E-state index in [1.165, 1.54) is 0 Å². The Morgan fingerprint density at radius 2 is 1.75 bits per heavy atom. The number of hydrogen-bond donors (Lipinski definition) is 4. The topological polar surface area (TPSA) is 133 Å². The van der Waals surface area contributed by atoms with Gasteiger partial charge in [-0.25, -0.2) is 8.42 Å². The summed E-state index contributed by atoms with van der Waals surface area (Å²) < 4.78 is 38.4. The number of carbonyl (C=O) groups is 1. The molecule has 1 heterocycles. The minimum Gasteiger partial charge on any atom is -0.487 e. The minimum absolute atomic E-state index is 0.0135. The molecule has 3 aromatic carbocycles. The Kier molecular flexibility index (Phi) is 11.3. The smallest absolute Gasteiger partial charge is 0.260 e. The first-order chi connectivity index (χ1) is 21.1. The molecule has 0 aliphatic heterocycles. The van der Waals surface area contributed by atoms with Gasteiger partial charge in [0.25, 0.3) is 5.91 Å². The number of H-pyrrole nitrogens is 1. The lowest BCUT2D eigenvalue weighted by molar-refractivity contribution is -0.132. The molecule has 0 saturated heterocycles. The van der Waals surface area contributed by atoms with Gasteiger partial charge < -0.3 is 29.8 Å². The van der Waals surface area contributed by atoms with E-state index in [4.69, 9.17) is 9.47 Å². The number of aliphatic hydroxyl groups excluding tert-OH is 1. The number of amides is 1. The van der Waals surface area contributed by atoms with E-state index in [0.717, 1.165) is 28.3 Å². The Hall–Kier alpha value is -4.06. The molecule has 0 bridgehead atoms. The SMILES string of the molecule is CCN(CC)C(=O)COc1cccc2c(C[C@@H](C)NC[C@H](O)c3ccc(OCc4ccccc4)c(NS(C)(=O)=O)c3)c[nH]c12. The number of hydrogen-bond acceptors (Lipinski definition) is 7. The maximum Gasteiger partial charge on any atom is 0.260 e. The van der Waals surface area contributed by atoms with Gasteiger partial charge in [0.05, 0.1) is 23.6 Å². The van der Waals surface area contributed by atoms with E-state index in [1.54, 1.807) is 23.1 Å². The van der Waals surface area contributed by atoms with Gasteiger partial charge in [0, 0.05) is 37.3 Å². The molecule has 1 aromatic heterocycles. The van der Waals surface area contributed by atoms with Crippen molar-refractivity contribution in [2.24, 2.45) is 0 Å². The highest BCUT2D eigenvalue weighted by atomic mass is 32.2. The van der Waals surface area contributed by atoms with Crippen molar-refractivity contribution in [3.8, 4) is 11.5 Å². The summed E-state index contributed by atoms with van der Waals surface area (Å²) in [5.41, 5.74) is 3.68. The van der Waals surface area contributed by atoms with Crippen LogP contribution in [0.3, 0.4) is 0 Å². The number of anilines is 1. The molecule has 10 nitrogen and oxygen atoms in total. The molecule has 4 rings (SSSR count). The summed E-state index contributed by atoms with van der Waals surface area (Å²) in [5, 5.41) is 15.4. The van der Waals surface area contributed by atoms with Crippen LogP contribution in [0.2, 0.25) is 0 Å². The molecule has 236 valence electrons. The number of aromatic amines is 1. The Labute approximate surface area is 259 Å². The van der Waals surface area contributed by atoms with E-state index in [2.05, 4.69) is 15.0 Å². The third-order valence-electron chi connectivity index (χ3n) is 7.34. The summed E-state index contributed by atoms with van der Waals surface area (Å²) >= 11 is 0. The molecule has 0 aliphatic rings. The van der Waals surface area contributed by atoms with Crippen LogP contribution in [0.1, 0.15) is 43.6 Å². The van der Waals surface area contributed by atoms with Crippen LogP contribution in [0.15, 0.2) is 72.9 Å². The lowest BCUT2D eigenvalue weighted by Gasteiger charge is -2.19. The second-order valence-electron chi connectivity index (χ2n) is 10.8. The number of ether oxygens (including phenoxy) is 2. The minimum atomic E-state index is -3.57. The van der Waals surface area contributed by atoms with Gasteiger partial charge >= 0.3 is 0 Å². The number of para-hydroxylation sites is 1. The van der Waals surface area contributed by atoms with Crippen LogP contribution in [0, 0.1) is 0 Å². The maximum absolute atomic E-state index is 12.4. The molecule has 0 unspecified atom stereocenters. The van der Waals surface area contributed by atoms with Crippen LogP contribution in [-0.2, 0) is 27.8 Å². The van der Waals surface area contributed by atoms with E-state index in [9.17, 15) is 18.3 Å². The summed E-state index contributed by atoms with van der Waals surface area (Å²) in [6.07, 6.45) is 2.82. The van der Waals surface area contributed by atoms with Crippen molar-refractivity contribution < 1.29 is 27.8 Å². The van der Waals surface area contributed by atoms with Gasteiger partial charge in [0.15, 0.2) is 6.61 Å². The molecular weight excluding hydrogens is 580 g/mol. The summed E-state index contributed by atoms with van der Waals surface area (Å²) in [6.45, 7) is 7.72. The fraction of sp³-hybridized carbons (Fsp3) is 0.364. The van der Waals surface area contributed by atoms with Gasteiger partial charge in [-0.2, -0.15) is 0 Å². The molecule has 0 spiro atoms. The van der Waals surface area contributed by atoms with E-state index >= 15 is 0 Å². The second kappa shape index (κ2) is 15.1. The number of nitrogens with one attached hydrogen (secondary N) is 3. The largest absolute Gasteiger partial charge is 0.487 e. The molecule has 11 heteroatoms. The fourth-order valence-electron chi connectivity index (χ4n) is 5.01. The fourth-order valence-corrected chi connectivity index (χ4v) is 5.57. The van der Waals surface area contributed by atoms with Crippen molar-refractivity contribution in [1.82, 2.24) is 15.2 Å². The van der Waals surface area contributed by atoms with E-state index < -0.39 is 16.1 Å². The monoisotopic (exact) mass is 622 g/mol. The predicted octanol–water partition coefficient (Wildman–Crippen LogP) is 4.62. The zero-order valence-corrected chi connectivity index (χ0v) is 26.5. The normalized spacial score (nSPS) is 12.9. The van der Waals surface area contributed by atoms with Gasteiger partial charge in [-0.05, 0) is 62.1 Å². The van der Waals surface area contributed by atoms with Crippen molar-refractivity contribution in [2.45, 2.75) is 45.9 Å². The molecule has 4 N–H and O–H groups in total. The Morgan fingerprint density at radius 1 is 1.00 bits per heavy atom. The molecule has 0 saturated carbocycles. The molecule has 44 heavy (non-hydrogen) atoms. The highest BCUT2D eigenvalue weighted by molar-refractivity contribution is 7.92. The van der Waals surface area contributed by atoms with Crippen molar-refractivity contribution in [3.63, 3.8) is 0 Å². The zero-order chi connectivity index (χ0) is 31.7. The Bertz CT molecular complexity index is 1640. The number of nitrogens with zero attached hydrogens (tertiary/aromatic N) is 1. The molecule has 2 atom stereocenters. The number of sulfonamides is 1. The van der Waals surface area contributed by atoms with Crippen LogP contribution in [0.4, 0.5) is 5.69 Å². The van der Waals surface area contributed by atoms with E-state index in [0.29, 0.717) is 36.6 Å². The number of fused-ring (bicyclic) bond motifs is 1. The van der Waals surface area contributed by atoms with Gasteiger partial charge in [-0.3, -0.25) is 9.52 Å². The highest BCUT2D eigenvalue weighted by Gasteiger charge is 2.17. The lowest BCUT2D eigenvalue weighted by atomic mass is 10.0. The number of carbonyl (C=O) groups excluding carboxylic acids is 1. The van der Waals surface area contributed by atoms with Crippen LogP contribution < -0.4 is 19.5 Å². The Balaban J connectivity index is 1.38. The van der Waals surface area contributed by atoms with Gasteiger partial charge in [0.1, 0.15) is 18.1 Å². The number of benzene rings is 3. The predicted molar refractivity (Wildman–Crippen MR) is 174 cm³/mol. The first-order valence-corrected chi connectivity index (χ1v) is 16.7. The van der Waals surface area contributed by atoms with Crippen LogP contribution in [0.25, 0.3) is 10.9 Å². The first kappa shape index (κ1) is 32.8. The third kappa shape index (κ3) is 8.98. The molecular formula is C33H42N4O6S. The number of likely N-dealkylation sites (N-methyl/N-ethyl adjacent to an activating group) is 1. The third-order valence-corrected chi connectivity index (χ3v) is 7.93. The van der Waals surface area contributed by atoms with Gasteiger partial charge in [0.2, 0.25) is 10.0 Å². The lowest BCUT2D eigenvalue weighted by Crippen LogP contribution is -2.34. The van der Waals surface area contributed by atoms with E-state index in [-0.39, 0.29) is 37.4 Å². The van der Waals surface area contributed by atoms with E-state index in [1.807, 2.05) is 75.5 Å². The summed E-state index contributed by atoms with van der Waals surface area (Å²) in [7, 11) is -3.57. The summed E-state index contributed by atoms with van der Waals surface area (Å²) in [6, 6.07) is 20.4. The molecule has 4 aromatic rings. The quantitative estimate of drug-likeness (QED) is 0.143. The first-order valence-electron chi connectivity index (χ1n) is 14.8. The van der Waals surface area contributed by atoms with Crippen LogP contribution in [0.5, 0.6) is 11.5 Å². The number of rotatable bonds is 16. The molecule has 0 fully saturated rings. The number of aromatic nitrogens is 1. The molecule has 0 radical (unpaired) electrons. The molecule has 0 aliphatic carbocycles. The standard InChI is InChI=1S/C33H42N4O6S/c1-5-37(6-2)32(39)22-43-31-14-10-13-27-26(19-35-33(27)31)17-23(3)34-20-29(38)25-15-16-30(28(18-25)36-44(4,40)41)42-21-24-11-8-7-9-12-24/h7-16,18-19,23,29,34-36,38H,5-6,17,20-22H2,1-4H3/t23-,29+/m1/s1. The van der Waals surface area contributed by atoms with Gasteiger partial charge in [-0.15, -0.1) is 0 Å². The second-order valence-corrected chi connectivity index (χ2v) is 12.5. The maximum atomic E-state index is 12.4. The number of aliphatic hydroxyl groups is 1. The average Bonchev–Trinajstić information content (AvgIpc) is 3.41. The summed E-state index contributed by atoms with van der Waals surface area (Å²) in [4.78, 5) is 17.4. The highest BCUT2D eigenvalue weighted by Crippen LogP contribution is 2.31. The van der Waals surface area contributed by atoms with Crippen molar-refractivity contribution in [1.29, 1.82) is 0 Å². The summed E-state index contributed by atoms with van der Waals surface area (Å²) in [5.74, 6) is 0.945. The molecule has 1 amide bonds. The van der Waals surface area contributed by atoms with Crippen LogP contribution >= 0.6 is 0 Å². The van der Waals surface area contributed by atoms with Crippen molar-refractivity contribution in [2.75, 3.05) is 37.2 Å².